The van der Waals surface area contributed by atoms with Crippen molar-refractivity contribution in [3.63, 3.8) is 0 Å². The number of anilines is 1. The average Bonchev–Trinajstić information content (AvgIpc) is 2.74. The topological polar surface area (TPSA) is 88.2 Å². The molecule has 1 aliphatic carbocycles. The molecule has 2 N–H and O–H groups in total. The Balaban J connectivity index is 1.60. The fourth-order valence-corrected chi connectivity index (χ4v) is 4.65. The molecule has 1 amide bonds. The van der Waals surface area contributed by atoms with Gasteiger partial charge in [-0.05, 0) is 75.3 Å². The number of amides is 1. The number of nitrogens with one attached hydrogen (secondary N) is 2. The number of hydrogen-bond donors (Lipinski definition) is 2. The predicted octanol–water partition coefficient (Wildman–Crippen LogP) is 4.20. The van der Waals surface area contributed by atoms with Crippen LogP contribution in [0.3, 0.4) is 0 Å². The summed E-state index contributed by atoms with van der Waals surface area (Å²) in [7, 11) is -3.54. The lowest BCUT2D eigenvalue weighted by atomic mass is 9.83. The monoisotopic (exact) mass is 515 g/mol. The van der Waals surface area contributed by atoms with Gasteiger partial charge in [-0.15, -0.1) is 0 Å². The van der Waals surface area contributed by atoms with Crippen LogP contribution in [0.15, 0.2) is 24.3 Å². The number of carbonyl (C=O) groups excluding carboxylic acids is 1. The highest BCUT2D eigenvalue weighted by Crippen LogP contribution is 2.40. The van der Waals surface area contributed by atoms with E-state index in [4.69, 9.17) is 0 Å². The van der Waals surface area contributed by atoms with Crippen LogP contribution in [-0.4, -0.2) is 38.3 Å². The van der Waals surface area contributed by atoms with Gasteiger partial charge in [-0.3, -0.25) is 14.5 Å². The minimum Gasteiger partial charge on any atom is -0.356 e. The van der Waals surface area contributed by atoms with Gasteiger partial charge in [-0.1, -0.05) is 12.1 Å². The first kappa shape index (κ1) is 26.9. The van der Waals surface area contributed by atoms with Crippen LogP contribution in [0.25, 0.3) is 0 Å². The molecule has 1 aliphatic rings. The van der Waals surface area contributed by atoms with Crippen molar-refractivity contribution < 1.29 is 30.8 Å². The summed E-state index contributed by atoms with van der Waals surface area (Å²) in [6.45, 7) is 4.04. The minimum atomic E-state index is -4.42. The fourth-order valence-electron chi connectivity index (χ4n) is 4.04. The summed E-state index contributed by atoms with van der Waals surface area (Å²) in [6.07, 6.45) is -1.99. The highest BCUT2D eigenvalue weighted by Gasteiger charge is 2.49. The molecule has 1 heterocycles. The van der Waals surface area contributed by atoms with E-state index in [2.05, 4.69) is 15.0 Å². The zero-order valence-corrected chi connectivity index (χ0v) is 20.8. The second-order valence-electron chi connectivity index (χ2n) is 9.54. The van der Waals surface area contributed by atoms with E-state index in [0.29, 0.717) is 36.1 Å². The normalized spacial score (nSPS) is 16.5. The molecule has 0 saturated carbocycles. The second kappa shape index (κ2) is 9.75. The summed E-state index contributed by atoms with van der Waals surface area (Å²) < 4.78 is 79.5. The molecule has 11 heteroatoms. The molecule has 0 fully saturated rings. The summed E-state index contributed by atoms with van der Waals surface area (Å²) in [5.74, 6) is -1.13. The molecule has 0 saturated heterocycles. The Kier molecular flexibility index (Phi) is 7.50. The number of aromatic nitrogens is 1. The minimum absolute atomic E-state index is 0.0401. The van der Waals surface area contributed by atoms with E-state index in [0.717, 1.165) is 31.7 Å². The molecule has 0 bridgehead atoms. The molecule has 0 radical (unpaired) electrons. The van der Waals surface area contributed by atoms with Gasteiger partial charge in [0.05, 0.1) is 17.6 Å². The Labute approximate surface area is 202 Å². The van der Waals surface area contributed by atoms with E-state index in [-0.39, 0.29) is 36.2 Å². The van der Waals surface area contributed by atoms with E-state index >= 15 is 0 Å². The Morgan fingerprint density at radius 1 is 1.20 bits per heavy atom. The smallest absolute Gasteiger partial charge is 0.356 e. The number of hydrogen-bond acceptors (Lipinski definition) is 4. The van der Waals surface area contributed by atoms with Crippen molar-refractivity contribution >= 4 is 21.6 Å². The van der Waals surface area contributed by atoms with Crippen LogP contribution in [0, 0.1) is 18.7 Å². The van der Waals surface area contributed by atoms with E-state index in [1.807, 2.05) is 0 Å². The third-order valence-corrected chi connectivity index (χ3v) is 6.96. The lowest BCUT2D eigenvalue weighted by molar-refractivity contribution is -0.181. The molecule has 6 nitrogen and oxygen atoms in total. The molecule has 0 aliphatic heterocycles. The number of halogens is 4. The average molecular weight is 516 g/mol. The van der Waals surface area contributed by atoms with Gasteiger partial charge in [0, 0.05) is 18.2 Å². The molecule has 35 heavy (non-hydrogen) atoms. The number of carbonyl (C=O) groups is 1. The molecule has 2 aromatic rings. The maximum absolute atomic E-state index is 14.4. The number of sulfonamides is 1. The van der Waals surface area contributed by atoms with Crippen molar-refractivity contribution in [2.75, 3.05) is 17.5 Å². The van der Waals surface area contributed by atoms with Gasteiger partial charge < -0.3 is 5.32 Å². The van der Waals surface area contributed by atoms with Crippen molar-refractivity contribution in [3.05, 3.63) is 58.2 Å². The number of pyridine rings is 1. The van der Waals surface area contributed by atoms with Gasteiger partial charge in [0.1, 0.15) is 11.2 Å². The van der Waals surface area contributed by atoms with Crippen LogP contribution in [0.1, 0.15) is 48.3 Å². The van der Waals surface area contributed by atoms with Crippen LogP contribution < -0.4 is 10.0 Å². The van der Waals surface area contributed by atoms with Crippen molar-refractivity contribution in [2.45, 2.75) is 58.0 Å². The van der Waals surface area contributed by atoms with E-state index in [1.165, 1.54) is 12.1 Å². The Hall–Kier alpha value is -2.69. The molecular formula is C24H29F4N3O3S. The fraction of sp³-hybridized carbons (Fsp3) is 0.500. The zero-order chi connectivity index (χ0) is 26.2. The van der Waals surface area contributed by atoms with Crippen LogP contribution in [0.4, 0.5) is 23.2 Å². The third kappa shape index (κ3) is 6.31. The molecule has 3 rings (SSSR count). The Bertz CT molecular complexity index is 1230. The first-order chi connectivity index (χ1) is 16.1. The molecular weight excluding hydrogens is 486 g/mol. The molecule has 1 aromatic heterocycles. The summed E-state index contributed by atoms with van der Waals surface area (Å²) >= 11 is 0. The quantitative estimate of drug-likeness (QED) is 0.541. The SMILES string of the molecule is Cc1cc(CCNC(=O)[C@H]2CCc3nc(C(C)(C)C(F)(F)F)ccc3C2)c(F)cc1NS(C)(=O)=O. The maximum Gasteiger partial charge on any atom is 0.399 e. The maximum atomic E-state index is 14.4. The van der Waals surface area contributed by atoms with Gasteiger partial charge in [0.15, 0.2) is 0 Å². The van der Waals surface area contributed by atoms with Gasteiger partial charge >= 0.3 is 6.18 Å². The number of fused-ring (bicyclic) bond motifs is 1. The zero-order valence-electron chi connectivity index (χ0n) is 20.0. The highest BCUT2D eigenvalue weighted by molar-refractivity contribution is 7.92. The Morgan fingerprint density at radius 2 is 1.89 bits per heavy atom. The van der Waals surface area contributed by atoms with E-state index in [1.54, 1.807) is 13.0 Å². The second-order valence-corrected chi connectivity index (χ2v) is 11.3. The van der Waals surface area contributed by atoms with Gasteiger partial charge in [0.2, 0.25) is 15.9 Å². The Morgan fingerprint density at radius 3 is 2.51 bits per heavy atom. The van der Waals surface area contributed by atoms with Crippen molar-refractivity contribution in [1.82, 2.24) is 10.3 Å². The largest absolute Gasteiger partial charge is 0.399 e. The molecule has 0 spiro atoms. The standard InChI is InChI=1S/C24H29F4N3O3S/c1-14-11-15(18(25)13-20(14)31-35(4,33)34)9-10-29-22(32)17-5-7-19-16(12-17)6-8-21(30-19)23(2,3)24(26,27)28/h6,8,11,13,17,31H,5,7,9-10,12H2,1-4H3,(H,29,32)/t17-/m0/s1. The summed E-state index contributed by atoms with van der Waals surface area (Å²) in [4.78, 5) is 16.9. The lowest BCUT2D eigenvalue weighted by Crippen LogP contribution is -2.38. The molecule has 1 atom stereocenters. The van der Waals surface area contributed by atoms with Crippen LogP contribution in [0.5, 0.6) is 0 Å². The first-order valence-corrected chi connectivity index (χ1v) is 13.1. The van der Waals surface area contributed by atoms with Gasteiger partial charge in [-0.2, -0.15) is 13.2 Å². The first-order valence-electron chi connectivity index (χ1n) is 11.2. The highest BCUT2D eigenvalue weighted by atomic mass is 32.2. The van der Waals surface area contributed by atoms with Crippen molar-refractivity contribution in [3.8, 4) is 0 Å². The lowest BCUT2D eigenvalue weighted by Gasteiger charge is -2.29. The molecule has 1 aromatic carbocycles. The number of rotatable bonds is 7. The molecule has 192 valence electrons. The van der Waals surface area contributed by atoms with Crippen LogP contribution in [-0.2, 0) is 39.5 Å². The van der Waals surface area contributed by atoms with E-state index in [9.17, 15) is 30.8 Å². The molecule has 0 unspecified atom stereocenters. The summed E-state index contributed by atoms with van der Waals surface area (Å²) in [5, 5.41) is 2.80. The van der Waals surface area contributed by atoms with Crippen molar-refractivity contribution in [1.29, 1.82) is 0 Å². The predicted molar refractivity (Wildman–Crippen MR) is 125 cm³/mol. The summed E-state index contributed by atoms with van der Waals surface area (Å²) in [5.41, 5.74) is 0.305. The number of benzene rings is 1. The number of aryl methyl sites for hydroxylation is 2. The number of alkyl halides is 3. The van der Waals surface area contributed by atoms with Crippen LogP contribution in [0.2, 0.25) is 0 Å². The summed E-state index contributed by atoms with van der Waals surface area (Å²) in [6, 6.07) is 5.65. The third-order valence-electron chi connectivity index (χ3n) is 6.37. The number of nitrogens with zero attached hydrogens (tertiary/aromatic N) is 1. The van der Waals surface area contributed by atoms with Gasteiger partial charge in [-0.25, -0.2) is 12.8 Å². The van der Waals surface area contributed by atoms with E-state index < -0.39 is 27.4 Å². The van der Waals surface area contributed by atoms with Gasteiger partial charge in [0.25, 0.3) is 0 Å². The van der Waals surface area contributed by atoms with Crippen LogP contribution >= 0.6 is 0 Å². The van der Waals surface area contributed by atoms with Crippen molar-refractivity contribution in [2.24, 2.45) is 5.92 Å².